The van der Waals surface area contributed by atoms with Crippen LogP contribution < -0.4 is 10.2 Å². The Hall–Kier alpha value is -2.13. The Bertz CT molecular complexity index is 1130. The number of piperidine rings is 1. The van der Waals surface area contributed by atoms with Crippen molar-refractivity contribution in [3.8, 4) is 0 Å². The summed E-state index contributed by atoms with van der Waals surface area (Å²) in [4.78, 5) is 26.6. The lowest BCUT2D eigenvalue weighted by atomic mass is 9.95. The van der Waals surface area contributed by atoms with E-state index in [0.29, 0.717) is 39.8 Å². The minimum atomic E-state index is -3.59. The molecule has 4 rings (SSSR count). The largest absolute Gasteiger partial charge is 0.323 e. The van der Waals surface area contributed by atoms with E-state index in [1.54, 1.807) is 30.3 Å². The number of hydrogen-bond acceptors (Lipinski definition) is 4. The van der Waals surface area contributed by atoms with E-state index < -0.39 is 10.0 Å². The molecule has 1 N–H and O–H groups in total. The maximum absolute atomic E-state index is 13.1. The fraction of sp³-hybridized carbons (Fsp3) is 0.333. The van der Waals surface area contributed by atoms with Crippen molar-refractivity contribution in [2.45, 2.75) is 18.6 Å². The van der Waals surface area contributed by atoms with Crippen molar-refractivity contribution in [1.29, 1.82) is 0 Å². The SMILES string of the molecule is O=C1CN(C(=O)C2CCN(S(=O)(=O)Cc3ccc(Cl)cc3Cl)CC2)c2ccccc2N1. The predicted octanol–water partition coefficient (Wildman–Crippen LogP) is 3.52. The molecule has 1 fully saturated rings. The lowest BCUT2D eigenvalue weighted by molar-refractivity contribution is -0.125. The average Bonchev–Trinajstić information content (AvgIpc) is 2.74. The number of rotatable bonds is 4. The summed E-state index contributed by atoms with van der Waals surface area (Å²) in [6.07, 6.45) is 0.791. The van der Waals surface area contributed by atoms with Gasteiger partial charge in [0.25, 0.3) is 0 Å². The molecular formula is C21H21Cl2N3O4S. The molecule has 0 bridgehead atoms. The van der Waals surface area contributed by atoms with Crippen molar-refractivity contribution in [1.82, 2.24) is 4.31 Å². The number of fused-ring (bicyclic) bond motifs is 1. The standard InChI is InChI=1S/C21H21Cl2N3O4S/c22-16-6-5-15(17(23)11-16)13-31(29,30)25-9-7-14(8-10-25)21(28)26-12-20(27)24-18-3-1-2-4-19(18)26/h1-6,11,14H,7-10,12-13H2,(H,24,27). The minimum Gasteiger partial charge on any atom is -0.323 e. The topological polar surface area (TPSA) is 86.8 Å². The van der Waals surface area contributed by atoms with Gasteiger partial charge in [0.2, 0.25) is 21.8 Å². The Morgan fingerprint density at radius 1 is 1.10 bits per heavy atom. The molecule has 164 valence electrons. The molecule has 0 aliphatic carbocycles. The van der Waals surface area contributed by atoms with Crippen molar-refractivity contribution in [3.63, 3.8) is 0 Å². The van der Waals surface area contributed by atoms with E-state index in [0.717, 1.165) is 0 Å². The number of carbonyl (C=O) groups excluding carboxylic acids is 2. The van der Waals surface area contributed by atoms with Crippen LogP contribution in [0.1, 0.15) is 18.4 Å². The fourth-order valence-corrected chi connectivity index (χ4v) is 6.11. The summed E-state index contributed by atoms with van der Waals surface area (Å²) in [5.41, 5.74) is 1.76. The molecule has 1 saturated heterocycles. The van der Waals surface area contributed by atoms with Crippen LogP contribution in [0, 0.1) is 5.92 Å². The van der Waals surface area contributed by atoms with Gasteiger partial charge in [-0.25, -0.2) is 12.7 Å². The Labute approximate surface area is 191 Å². The molecule has 10 heteroatoms. The zero-order chi connectivity index (χ0) is 22.2. The van der Waals surface area contributed by atoms with Crippen molar-refractivity contribution in [3.05, 3.63) is 58.1 Å². The summed E-state index contributed by atoms with van der Waals surface area (Å²) in [7, 11) is -3.59. The fourth-order valence-electron chi connectivity index (χ4n) is 3.96. The number of amides is 2. The summed E-state index contributed by atoms with van der Waals surface area (Å²) in [6.45, 7) is 0.445. The molecule has 2 heterocycles. The summed E-state index contributed by atoms with van der Waals surface area (Å²) in [5, 5.41) is 3.52. The first-order valence-corrected chi connectivity index (χ1v) is 12.2. The Balaban J connectivity index is 1.43. The van der Waals surface area contributed by atoms with Crippen molar-refractivity contribution in [2.24, 2.45) is 5.92 Å². The highest BCUT2D eigenvalue weighted by atomic mass is 35.5. The molecule has 2 aromatic carbocycles. The van der Waals surface area contributed by atoms with Gasteiger partial charge in [-0.3, -0.25) is 9.59 Å². The van der Waals surface area contributed by atoms with E-state index in [4.69, 9.17) is 23.2 Å². The van der Waals surface area contributed by atoms with Gasteiger partial charge in [0.1, 0.15) is 6.54 Å². The molecule has 2 aliphatic heterocycles. The smallest absolute Gasteiger partial charge is 0.244 e. The van der Waals surface area contributed by atoms with E-state index in [1.807, 2.05) is 6.07 Å². The second kappa shape index (κ2) is 8.78. The highest BCUT2D eigenvalue weighted by Gasteiger charge is 2.36. The Morgan fingerprint density at radius 2 is 1.81 bits per heavy atom. The van der Waals surface area contributed by atoms with E-state index in [9.17, 15) is 18.0 Å². The number of para-hydroxylation sites is 2. The van der Waals surface area contributed by atoms with Gasteiger partial charge in [-0.1, -0.05) is 41.4 Å². The molecular weight excluding hydrogens is 461 g/mol. The van der Waals surface area contributed by atoms with Gasteiger partial charge in [-0.05, 0) is 42.7 Å². The van der Waals surface area contributed by atoms with Crippen LogP contribution in [0.3, 0.4) is 0 Å². The number of nitrogens with zero attached hydrogens (tertiary/aromatic N) is 2. The van der Waals surface area contributed by atoms with Crippen LogP contribution in [0.2, 0.25) is 10.0 Å². The second-order valence-electron chi connectivity index (χ2n) is 7.65. The molecule has 2 aliphatic rings. The van der Waals surface area contributed by atoms with Gasteiger partial charge in [0, 0.05) is 29.1 Å². The zero-order valence-electron chi connectivity index (χ0n) is 16.6. The molecule has 2 aromatic rings. The van der Waals surface area contributed by atoms with E-state index >= 15 is 0 Å². The molecule has 0 aromatic heterocycles. The molecule has 0 radical (unpaired) electrons. The number of anilines is 2. The molecule has 2 amide bonds. The number of nitrogens with one attached hydrogen (secondary N) is 1. The van der Waals surface area contributed by atoms with Gasteiger partial charge in [-0.2, -0.15) is 0 Å². The second-order valence-corrected chi connectivity index (χ2v) is 10.5. The molecule has 7 nitrogen and oxygen atoms in total. The maximum Gasteiger partial charge on any atom is 0.244 e. The van der Waals surface area contributed by atoms with E-state index in [2.05, 4.69) is 5.32 Å². The van der Waals surface area contributed by atoms with Crippen LogP contribution in [0.5, 0.6) is 0 Å². The third-order valence-electron chi connectivity index (χ3n) is 5.59. The zero-order valence-corrected chi connectivity index (χ0v) is 18.9. The van der Waals surface area contributed by atoms with E-state index in [1.165, 1.54) is 15.3 Å². The van der Waals surface area contributed by atoms with Crippen molar-refractivity contribution < 1.29 is 18.0 Å². The van der Waals surface area contributed by atoms with Crippen LogP contribution in [0.25, 0.3) is 0 Å². The monoisotopic (exact) mass is 481 g/mol. The van der Waals surface area contributed by atoms with Crippen LogP contribution in [0.4, 0.5) is 11.4 Å². The number of hydrogen-bond donors (Lipinski definition) is 1. The first kappa shape index (κ1) is 22.1. The Morgan fingerprint density at radius 3 is 2.52 bits per heavy atom. The maximum atomic E-state index is 13.1. The Kier molecular flexibility index (Phi) is 6.25. The van der Waals surface area contributed by atoms with E-state index in [-0.39, 0.29) is 43.1 Å². The number of halogens is 2. The number of sulfonamides is 1. The van der Waals surface area contributed by atoms with Crippen molar-refractivity contribution >= 4 is 56.4 Å². The molecule has 0 spiro atoms. The van der Waals surface area contributed by atoms with Crippen LogP contribution in [0.15, 0.2) is 42.5 Å². The van der Waals surface area contributed by atoms with Crippen LogP contribution >= 0.6 is 23.2 Å². The predicted molar refractivity (Wildman–Crippen MR) is 121 cm³/mol. The number of benzene rings is 2. The van der Waals surface area contributed by atoms with Crippen LogP contribution in [-0.4, -0.2) is 44.2 Å². The minimum absolute atomic E-state index is 0.0383. The summed E-state index contributed by atoms with van der Waals surface area (Å²) in [6, 6.07) is 11.9. The number of carbonyl (C=O) groups is 2. The first-order valence-electron chi connectivity index (χ1n) is 9.86. The molecule has 0 atom stereocenters. The van der Waals surface area contributed by atoms with Gasteiger partial charge < -0.3 is 10.2 Å². The van der Waals surface area contributed by atoms with Crippen molar-refractivity contribution in [2.75, 3.05) is 29.9 Å². The third-order valence-corrected chi connectivity index (χ3v) is 8.00. The van der Waals surface area contributed by atoms with Gasteiger partial charge in [-0.15, -0.1) is 0 Å². The first-order chi connectivity index (χ1) is 14.7. The lowest BCUT2D eigenvalue weighted by Gasteiger charge is -2.35. The van der Waals surface area contributed by atoms with Gasteiger partial charge in [0.15, 0.2) is 0 Å². The highest BCUT2D eigenvalue weighted by molar-refractivity contribution is 7.88. The summed E-state index contributed by atoms with van der Waals surface area (Å²) < 4.78 is 27.1. The lowest BCUT2D eigenvalue weighted by Crippen LogP contribution is -2.48. The highest BCUT2D eigenvalue weighted by Crippen LogP contribution is 2.32. The average molecular weight is 482 g/mol. The molecule has 0 saturated carbocycles. The summed E-state index contributed by atoms with van der Waals surface area (Å²) in [5.74, 6) is -0.960. The quantitative estimate of drug-likeness (QED) is 0.723. The summed E-state index contributed by atoms with van der Waals surface area (Å²) >= 11 is 12.0. The van der Waals surface area contributed by atoms with Crippen LogP contribution in [-0.2, 0) is 25.4 Å². The third kappa shape index (κ3) is 4.72. The van der Waals surface area contributed by atoms with Gasteiger partial charge in [0.05, 0.1) is 17.1 Å². The molecule has 31 heavy (non-hydrogen) atoms. The normalized spacial score (nSPS) is 17.9. The molecule has 0 unspecified atom stereocenters. The van der Waals surface area contributed by atoms with Gasteiger partial charge >= 0.3 is 0 Å².